The molecule has 3 aromatic heterocycles. The fourth-order valence-corrected chi connectivity index (χ4v) is 4.20. The summed E-state index contributed by atoms with van der Waals surface area (Å²) in [6.07, 6.45) is 9.27. The van der Waals surface area contributed by atoms with Gasteiger partial charge in [0, 0.05) is 42.1 Å². The lowest BCUT2D eigenvalue weighted by Gasteiger charge is -2.22. The van der Waals surface area contributed by atoms with E-state index in [9.17, 15) is 4.79 Å². The van der Waals surface area contributed by atoms with Gasteiger partial charge < -0.3 is 15.6 Å². The van der Waals surface area contributed by atoms with Gasteiger partial charge in [0.05, 0.1) is 28.7 Å². The summed E-state index contributed by atoms with van der Waals surface area (Å²) >= 11 is 6.58. The van der Waals surface area contributed by atoms with Crippen LogP contribution >= 0.6 is 11.6 Å². The molecule has 8 heteroatoms. The number of carbonyl (C=O) groups is 1. The molecule has 3 aromatic rings. The van der Waals surface area contributed by atoms with Crippen LogP contribution in [0.25, 0.3) is 10.9 Å². The molecule has 0 aliphatic rings. The van der Waals surface area contributed by atoms with Gasteiger partial charge >= 0.3 is 0 Å². The van der Waals surface area contributed by atoms with Gasteiger partial charge in [-0.1, -0.05) is 12.7 Å². The van der Waals surface area contributed by atoms with Crippen molar-refractivity contribution in [3.63, 3.8) is 0 Å². The zero-order valence-corrected chi connectivity index (χ0v) is 19.9. The smallest absolute Gasteiger partial charge is 0.253 e. The third kappa shape index (κ3) is 5.31. The number of rotatable bonds is 9. The van der Waals surface area contributed by atoms with E-state index in [2.05, 4.69) is 33.6 Å². The van der Waals surface area contributed by atoms with E-state index >= 15 is 0 Å². The molecular formula is C25H29ClN6O. The van der Waals surface area contributed by atoms with Crippen molar-refractivity contribution in [1.82, 2.24) is 19.9 Å². The number of nitrogens with one attached hydrogen (secondary N) is 1. The molecule has 0 spiro atoms. The Morgan fingerprint density at radius 2 is 2.18 bits per heavy atom. The molecule has 33 heavy (non-hydrogen) atoms. The first-order valence-corrected chi connectivity index (χ1v) is 11.1. The minimum atomic E-state index is -0.238. The van der Waals surface area contributed by atoms with Gasteiger partial charge in [-0.05, 0) is 56.8 Å². The number of alkyl halides is 1. The minimum absolute atomic E-state index is 0.164. The highest BCUT2D eigenvalue weighted by molar-refractivity contribution is 6.20. The SMILES string of the molecule is C=C/C=C(\C[C@H](C(C)Cl)n1cc(C(=O)NCc2c(C)cc(N)nc2C)c2ccncc21)N=C. The van der Waals surface area contributed by atoms with Crippen LogP contribution < -0.4 is 11.1 Å². The number of pyridine rings is 2. The van der Waals surface area contributed by atoms with E-state index in [0.717, 1.165) is 33.4 Å². The summed E-state index contributed by atoms with van der Waals surface area (Å²) in [7, 11) is 0. The molecule has 0 bridgehead atoms. The van der Waals surface area contributed by atoms with Crippen molar-refractivity contribution >= 4 is 40.9 Å². The Hall–Kier alpha value is -3.45. The van der Waals surface area contributed by atoms with Gasteiger partial charge in [0.15, 0.2) is 0 Å². The molecule has 0 fully saturated rings. The van der Waals surface area contributed by atoms with Crippen molar-refractivity contribution in [3.05, 3.63) is 77.5 Å². The number of hydrogen-bond donors (Lipinski definition) is 2. The van der Waals surface area contributed by atoms with E-state index in [0.29, 0.717) is 24.3 Å². The molecule has 0 aliphatic heterocycles. The molecule has 2 atom stereocenters. The van der Waals surface area contributed by atoms with E-state index in [1.807, 2.05) is 43.7 Å². The van der Waals surface area contributed by atoms with Gasteiger partial charge in [-0.2, -0.15) is 0 Å². The highest BCUT2D eigenvalue weighted by Crippen LogP contribution is 2.32. The van der Waals surface area contributed by atoms with Crippen LogP contribution in [0.5, 0.6) is 0 Å². The van der Waals surface area contributed by atoms with Crippen molar-refractivity contribution in [1.29, 1.82) is 0 Å². The standard InChI is InChI=1S/C25H29ClN6O/c1-6-7-18(28-5)11-22(16(3)26)32-14-21(19-8-9-29-13-23(19)32)25(33)30-12-20-15(2)10-24(27)31-17(20)4/h6-10,13-14,16,22H,1,5,11-12H2,2-4H3,(H2,27,31)(H,30,33)/b18-7+/t16?,22-/m1/s1. The zero-order chi connectivity index (χ0) is 24.1. The van der Waals surface area contributed by atoms with Crippen molar-refractivity contribution in [2.75, 3.05) is 5.73 Å². The number of halogens is 1. The summed E-state index contributed by atoms with van der Waals surface area (Å²) < 4.78 is 2.00. The van der Waals surface area contributed by atoms with Crippen LogP contribution in [0, 0.1) is 13.8 Å². The Morgan fingerprint density at radius 3 is 2.82 bits per heavy atom. The summed E-state index contributed by atoms with van der Waals surface area (Å²) in [4.78, 5) is 25.9. The van der Waals surface area contributed by atoms with Crippen LogP contribution in [0.4, 0.5) is 5.82 Å². The molecule has 0 aromatic carbocycles. The number of fused-ring (bicyclic) bond motifs is 1. The monoisotopic (exact) mass is 464 g/mol. The minimum Gasteiger partial charge on any atom is -0.384 e. The summed E-state index contributed by atoms with van der Waals surface area (Å²) in [6, 6.07) is 3.48. The number of aryl methyl sites for hydroxylation is 2. The maximum atomic E-state index is 13.2. The van der Waals surface area contributed by atoms with Crippen LogP contribution in [0.1, 0.15) is 46.6 Å². The van der Waals surface area contributed by atoms with E-state index in [4.69, 9.17) is 17.3 Å². The first kappa shape index (κ1) is 24.2. The van der Waals surface area contributed by atoms with E-state index in [1.165, 1.54) is 0 Å². The number of nitrogens with zero attached hydrogens (tertiary/aromatic N) is 4. The molecule has 3 N–H and O–H groups in total. The second kappa shape index (κ2) is 10.4. The van der Waals surface area contributed by atoms with Gasteiger partial charge in [0.25, 0.3) is 5.91 Å². The number of aromatic nitrogens is 3. The van der Waals surface area contributed by atoms with Crippen LogP contribution in [0.15, 0.2) is 60.1 Å². The molecule has 0 aliphatic carbocycles. The molecule has 3 rings (SSSR count). The average Bonchev–Trinajstić information content (AvgIpc) is 3.15. The first-order chi connectivity index (χ1) is 15.8. The Morgan fingerprint density at radius 1 is 1.42 bits per heavy atom. The maximum absolute atomic E-state index is 13.2. The van der Waals surface area contributed by atoms with Gasteiger partial charge in [-0.25, -0.2) is 4.98 Å². The van der Waals surface area contributed by atoms with Crippen molar-refractivity contribution in [2.45, 2.75) is 45.2 Å². The lowest BCUT2D eigenvalue weighted by atomic mass is 10.1. The summed E-state index contributed by atoms with van der Waals surface area (Å²) in [5.41, 5.74) is 10.7. The number of aliphatic imine (C=N–C) groups is 1. The number of carbonyl (C=O) groups excluding carboxylic acids is 1. The van der Waals surface area contributed by atoms with Gasteiger partial charge in [-0.15, -0.1) is 11.6 Å². The molecule has 3 heterocycles. The third-order valence-electron chi connectivity index (χ3n) is 5.70. The molecular weight excluding hydrogens is 436 g/mol. The van der Waals surface area contributed by atoms with E-state index in [1.54, 1.807) is 24.5 Å². The Bertz CT molecular complexity index is 1200. The molecule has 1 unspecified atom stereocenters. The third-order valence-corrected chi connectivity index (χ3v) is 5.99. The second-order valence-corrected chi connectivity index (χ2v) is 8.64. The number of allylic oxidation sites excluding steroid dienone is 3. The van der Waals surface area contributed by atoms with Crippen LogP contribution in [-0.2, 0) is 6.54 Å². The normalized spacial score (nSPS) is 13.5. The fourth-order valence-electron chi connectivity index (χ4n) is 3.99. The largest absolute Gasteiger partial charge is 0.384 e. The van der Waals surface area contributed by atoms with Gasteiger partial charge in [0.2, 0.25) is 0 Å². The maximum Gasteiger partial charge on any atom is 0.253 e. The number of anilines is 1. The van der Waals surface area contributed by atoms with Gasteiger partial charge in [0.1, 0.15) is 5.82 Å². The predicted molar refractivity (Wildman–Crippen MR) is 136 cm³/mol. The summed E-state index contributed by atoms with van der Waals surface area (Å²) in [6.45, 7) is 13.5. The topological polar surface area (TPSA) is 98.2 Å². The molecule has 0 saturated carbocycles. The van der Waals surface area contributed by atoms with Crippen molar-refractivity contribution in [2.24, 2.45) is 4.99 Å². The number of hydrogen-bond acceptors (Lipinski definition) is 5. The first-order valence-electron chi connectivity index (χ1n) is 10.6. The number of amides is 1. The molecule has 0 radical (unpaired) electrons. The molecule has 1 amide bonds. The van der Waals surface area contributed by atoms with E-state index in [-0.39, 0.29) is 17.3 Å². The predicted octanol–water partition coefficient (Wildman–Crippen LogP) is 4.89. The second-order valence-electron chi connectivity index (χ2n) is 7.95. The molecule has 0 saturated heterocycles. The van der Waals surface area contributed by atoms with Crippen LogP contribution in [0.2, 0.25) is 0 Å². The lowest BCUT2D eigenvalue weighted by Crippen LogP contribution is -2.24. The molecule has 7 nitrogen and oxygen atoms in total. The summed E-state index contributed by atoms with van der Waals surface area (Å²) in [5.74, 6) is 0.279. The van der Waals surface area contributed by atoms with Crippen LogP contribution in [-0.4, -0.2) is 32.5 Å². The summed E-state index contributed by atoms with van der Waals surface area (Å²) in [5, 5.41) is 3.58. The fraction of sp³-hybridized carbons (Fsp3) is 0.280. The Balaban J connectivity index is 1.96. The number of nitrogen functional groups attached to an aromatic ring is 1. The quantitative estimate of drug-likeness (QED) is 0.267. The van der Waals surface area contributed by atoms with Crippen molar-refractivity contribution < 1.29 is 4.79 Å². The van der Waals surface area contributed by atoms with Crippen LogP contribution in [0.3, 0.4) is 0 Å². The average molecular weight is 465 g/mol. The highest BCUT2D eigenvalue weighted by atomic mass is 35.5. The molecule has 172 valence electrons. The number of nitrogens with two attached hydrogens (primary N) is 1. The Labute approximate surface area is 199 Å². The lowest BCUT2D eigenvalue weighted by molar-refractivity contribution is 0.0952. The van der Waals surface area contributed by atoms with Gasteiger partial charge in [-0.3, -0.25) is 14.8 Å². The Kier molecular flexibility index (Phi) is 7.66. The van der Waals surface area contributed by atoms with Crippen molar-refractivity contribution in [3.8, 4) is 0 Å². The zero-order valence-electron chi connectivity index (χ0n) is 19.2. The highest BCUT2D eigenvalue weighted by Gasteiger charge is 2.24. The van der Waals surface area contributed by atoms with E-state index < -0.39 is 0 Å².